The van der Waals surface area contributed by atoms with Crippen LogP contribution in [0.1, 0.15) is 15.9 Å². The highest BCUT2D eigenvalue weighted by Gasteiger charge is 2.18. The first-order valence-electron chi connectivity index (χ1n) is 5.39. The fourth-order valence-electron chi connectivity index (χ4n) is 1.68. The Morgan fingerprint density at radius 2 is 1.63 bits per heavy atom. The fourth-order valence-corrected chi connectivity index (χ4v) is 2.21. The van der Waals surface area contributed by atoms with Crippen molar-refractivity contribution in [3.05, 3.63) is 68.7 Å². The molecule has 1 nitrogen and oxygen atoms in total. The monoisotopic (exact) mass is 344 g/mol. The van der Waals surface area contributed by atoms with Crippen molar-refractivity contribution in [3.8, 4) is 0 Å². The number of halogens is 4. The van der Waals surface area contributed by atoms with E-state index in [0.29, 0.717) is 10.6 Å². The zero-order chi connectivity index (χ0) is 14.0. The molecule has 0 N–H and O–H groups in total. The van der Waals surface area contributed by atoms with Gasteiger partial charge in [0.1, 0.15) is 11.6 Å². The molecule has 0 aliphatic carbocycles. The first-order valence-corrected chi connectivity index (χ1v) is 6.56. The zero-order valence-electron chi connectivity index (χ0n) is 9.59. The predicted octanol–water partition coefficient (Wildman–Crippen LogP) is 4.81. The maximum absolute atomic E-state index is 13.6. The zero-order valence-corrected chi connectivity index (χ0v) is 11.9. The molecule has 0 amide bonds. The van der Waals surface area contributed by atoms with Crippen LogP contribution in [0.3, 0.4) is 0 Å². The van der Waals surface area contributed by atoms with Crippen LogP contribution in [0.15, 0.2) is 40.9 Å². The Morgan fingerprint density at radius 1 is 1.11 bits per heavy atom. The second kappa shape index (κ2) is 5.80. The Balaban J connectivity index is 2.28. The molecule has 2 aromatic carbocycles. The van der Waals surface area contributed by atoms with E-state index in [0.717, 1.165) is 12.1 Å². The molecule has 2 rings (SSSR count). The third-order valence-electron chi connectivity index (χ3n) is 2.56. The molecule has 0 saturated carbocycles. The number of carbonyl (C=O) groups excluding carboxylic acids is 1. The normalized spacial score (nSPS) is 10.5. The highest BCUT2D eigenvalue weighted by atomic mass is 79.9. The molecular weight excluding hydrogens is 338 g/mol. The molecule has 5 heteroatoms. The summed E-state index contributed by atoms with van der Waals surface area (Å²) in [4.78, 5) is 11.9. The summed E-state index contributed by atoms with van der Waals surface area (Å²) in [7, 11) is 0. The standard InChI is InChI=1S/C14H8BrClF2O/c15-9-6-11(17)14(12(18)7-9)13(19)5-8-1-3-10(16)4-2-8/h1-4,6-7H,5H2. The van der Waals surface area contributed by atoms with Gasteiger partial charge in [0.2, 0.25) is 0 Å². The fraction of sp³-hybridized carbons (Fsp3) is 0.0714. The van der Waals surface area contributed by atoms with E-state index in [1.165, 1.54) is 0 Å². The maximum Gasteiger partial charge on any atom is 0.173 e. The van der Waals surface area contributed by atoms with Gasteiger partial charge in [0.25, 0.3) is 0 Å². The first-order chi connectivity index (χ1) is 8.97. The number of rotatable bonds is 3. The predicted molar refractivity (Wildman–Crippen MR) is 73.5 cm³/mol. The molecule has 0 aliphatic heterocycles. The molecule has 19 heavy (non-hydrogen) atoms. The average Bonchev–Trinajstić information content (AvgIpc) is 2.30. The number of ketones is 1. The van der Waals surface area contributed by atoms with E-state index in [1.54, 1.807) is 24.3 Å². The van der Waals surface area contributed by atoms with Gasteiger partial charge in [-0.2, -0.15) is 0 Å². The SMILES string of the molecule is O=C(Cc1ccc(Cl)cc1)c1c(F)cc(Br)cc1F. The van der Waals surface area contributed by atoms with Crippen LogP contribution in [-0.2, 0) is 6.42 Å². The maximum atomic E-state index is 13.6. The summed E-state index contributed by atoms with van der Waals surface area (Å²) in [5.74, 6) is -2.35. The van der Waals surface area contributed by atoms with Crippen molar-refractivity contribution in [2.45, 2.75) is 6.42 Å². The third kappa shape index (κ3) is 3.39. The number of carbonyl (C=O) groups is 1. The summed E-state index contributed by atoms with van der Waals surface area (Å²) in [6, 6.07) is 8.68. The van der Waals surface area contributed by atoms with Crippen LogP contribution in [0.4, 0.5) is 8.78 Å². The van der Waals surface area contributed by atoms with E-state index in [4.69, 9.17) is 11.6 Å². The van der Waals surface area contributed by atoms with Crippen molar-refractivity contribution in [1.82, 2.24) is 0 Å². The van der Waals surface area contributed by atoms with Crippen molar-refractivity contribution >= 4 is 33.3 Å². The van der Waals surface area contributed by atoms with Crippen molar-refractivity contribution in [1.29, 1.82) is 0 Å². The Labute approximate surface area is 122 Å². The van der Waals surface area contributed by atoms with Gasteiger partial charge in [-0.15, -0.1) is 0 Å². The van der Waals surface area contributed by atoms with E-state index in [9.17, 15) is 13.6 Å². The van der Waals surface area contributed by atoms with Gasteiger partial charge >= 0.3 is 0 Å². The van der Waals surface area contributed by atoms with E-state index < -0.39 is 23.0 Å². The second-order valence-corrected chi connectivity index (χ2v) is 5.32. The van der Waals surface area contributed by atoms with Crippen molar-refractivity contribution in [3.63, 3.8) is 0 Å². The average molecular weight is 346 g/mol. The van der Waals surface area contributed by atoms with Crippen LogP contribution in [0, 0.1) is 11.6 Å². The van der Waals surface area contributed by atoms with Gasteiger partial charge in [-0.1, -0.05) is 39.7 Å². The molecule has 0 radical (unpaired) electrons. The molecule has 98 valence electrons. The van der Waals surface area contributed by atoms with Crippen LogP contribution in [0.25, 0.3) is 0 Å². The molecule has 0 aliphatic rings. The summed E-state index contributed by atoms with van der Waals surface area (Å²) in [6.07, 6.45) is -0.0767. The van der Waals surface area contributed by atoms with Gasteiger partial charge in [0.15, 0.2) is 5.78 Å². The Bertz CT molecular complexity index is 603. The lowest BCUT2D eigenvalue weighted by atomic mass is 10.0. The van der Waals surface area contributed by atoms with E-state index >= 15 is 0 Å². The minimum Gasteiger partial charge on any atom is -0.294 e. The van der Waals surface area contributed by atoms with Gasteiger partial charge in [0.05, 0.1) is 5.56 Å². The number of hydrogen-bond donors (Lipinski definition) is 0. The molecule has 0 atom stereocenters. The number of benzene rings is 2. The van der Waals surface area contributed by atoms with Crippen LogP contribution in [0.2, 0.25) is 5.02 Å². The highest BCUT2D eigenvalue weighted by molar-refractivity contribution is 9.10. The topological polar surface area (TPSA) is 17.1 Å². The van der Waals surface area contributed by atoms with Crippen LogP contribution >= 0.6 is 27.5 Å². The summed E-state index contributed by atoms with van der Waals surface area (Å²) in [5.41, 5.74) is 0.134. The van der Waals surface area contributed by atoms with E-state index in [2.05, 4.69) is 15.9 Å². The van der Waals surface area contributed by atoms with Crippen molar-refractivity contribution in [2.75, 3.05) is 0 Å². The lowest BCUT2D eigenvalue weighted by molar-refractivity contribution is 0.0985. The molecule has 0 heterocycles. The molecule has 2 aromatic rings. The lowest BCUT2D eigenvalue weighted by Crippen LogP contribution is -2.09. The Kier molecular flexibility index (Phi) is 4.32. The quantitative estimate of drug-likeness (QED) is 0.730. The van der Waals surface area contributed by atoms with E-state index in [-0.39, 0.29) is 10.9 Å². The van der Waals surface area contributed by atoms with Gasteiger partial charge < -0.3 is 0 Å². The number of Topliss-reactive ketones (excluding diaryl/α,β-unsaturated/α-hetero) is 1. The van der Waals surface area contributed by atoms with Gasteiger partial charge in [-0.3, -0.25) is 4.79 Å². The molecule has 0 spiro atoms. The third-order valence-corrected chi connectivity index (χ3v) is 3.27. The highest BCUT2D eigenvalue weighted by Crippen LogP contribution is 2.21. The van der Waals surface area contributed by atoms with Gasteiger partial charge in [-0.05, 0) is 29.8 Å². The Hall–Kier alpha value is -1.26. The molecule has 0 saturated heterocycles. The van der Waals surface area contributed by atoms with Crippen molar-refractivity contribution < 1.29 is 13.6 Å². The minimum absolute atomic E-state index is 0.0767. The summed E-state index contributed by atoms with van der Waals surface area (Å²) in [5, 5.41) is 0.539. The summed E-state index contributed by atoms with van der Waals surface area (Å²) in [6.45, 7) is 0. The van der Waals surface area contributed by atoms with Crippen molar-refractivity contribution in [2.24, 2.45) is 0 Å². The second-order valence-electron chi connectivity index (χ2n) is 3.97. The molecule has 0 unspecified atom stereocenters. The van der Waals surface area contributed by atoms with Gasteiger partial charge in [-0.25, -0.2) is 8.78 Å². The smallest absolute Gasteiger partial charge is 0.173 e. The minimum atomic E-state index is -0.870. The summed E-state index contributed by atoms with van der Waals surface area (Å²) < 4.78 is 27.5. The van der Waals surface area contributed by atoms with Gasteiger partial charge in [0, 0.05) is 15.9 Å². The van der Waals surface area contributed by atoms with Crippen LogP contribution in [-0.4, -0.2) is 5.78 Å². The lowest BCUT2D eigenvalue weighted by Gasteiger charge is -2.05. The molecular formula is C14H8BrClF2O. The first kappa shape index (κ1) is 14.2. The number of hydrogen-bond acceptors (Lipinski definition) is 1. The molecule has 0 fully saturated rings. The summed E-state index contributed by atoms with van der Waals surface area (Å²) >= 11 is 8.69. The molecule has 0 aromatic heterocycles. The van der Waals surface area contributed by atoms with Crippen LogP contribution < -0.4 is 0 Å². The molecule has 0 bridgehead atoms. The largest absolute Gasteiger partial charge is 0.294 e. The Morgan fingerprint density at radius 3 is 2.16 bits per heavy atom. The van der Waals surface area contributed by atoms with Crippen LogP contribution in [0.5, 0.6) is 0 Å². The van der Waals surface area contributed by atoms with E-state index in [1.807, 2.05) is 0 Å².